The highest BCUT2D eigenvalue weighted by Crippen LogP contribution is 2.24. The lowest BCUT2D eigenvalue weighted by Gasteiger charge is -2.26. The Hall–Kier alpha value is -2.80. The van der Waals surface area contributed by atoms with E-state index < -0.39 is 6.03 Å². The number of amides is 3. The number of imide groups is 1. The van der Waals surface area contributed by atoms with E-state index in [0.29, 0.717) is 16.8 Å². The molecule has 0 radical (unpaired) electrons. The number of hydrogen-bond acceptors (Lipinski definition) is 4. The molecule has 4 rings (SSSR count). The zero-order valence-corrected chi connectivity index (χ0v) is 15.7. The van der Waals surface area contributed by atoms with Gasteiger partial charge in [-0.15, -0.1) is 0 Å². The van der Waals surface area contributed by atoms with Gasteiger partial charge in [0.05, 0.1) is 11.4 Å². The number of piperidine rings is 1. The zero-order chi connectivity index (χ0) is 19.5. The third-order valence-corrected chi connectivity index (χ3v) is 5.19. The minimum absolute atomic E-state index is 0.00229. The van der Waals surface area contributed by atoms with Gasteiger partial charge < -0.3 is 4.90 Å². The van der Waals surface area contributed by atoms with Crippen LogP contribution in [0.1, 0.15) is 30.5 Å². The maximum Gasteiger partial charge on any atom is 0.324 e. The second-order valence-corrected chi connectivity index (χ2v) is 7.37. The number of urea groups is 1. The van der Waals surface area contributed by atoms with Crippen LogP contribution >= 0.6 is 0 Å². The summed E-state index contributed by atoms with van der Waals surface area (Å²) in [7, 11) is 0. The van der Waals surface area contributed by atoms with Crippen molar-refractivity contribution >= 4 is 11.9 Å². The molecule has 3 heterocycles. The Kier molecular flexibility index (Phi) is 5.34. The van der Waals surface area contributed by atoms with E-state index in [9.17, 15) is 14.0 Å². The molecule has 0 spiro atoms. The number of rotatable bonds is 5. The molecule has 0 atom stereocenters. The average molecular weight is 382 g/mol. The van der Waals surface area contributed by atoms with E-state index in [1.807, 2.05) is 18.2 Å². The molecule has 0 aliphatic carbocycles. The molecule has 3 amide bonds. The average Bonchev–Trinajstić information content (AvgIpc) is 3.00. The van der Waals surface area contributed by atoms with Crippen molar-refractivity contribution in [3.8, 4) is 11.3 Å². The van der Waals surface area contributed by atoms with Crippen molar-refractivity contribution in [2.24, 2.45) is 0 Å². The second kappa shape index (κ2) is 8.06. The lowest BCUT2D eigenvalue weighted by molar-refractivity contribution is -0.118. The summed E-state index contributed by atoms with van der Waals surface area (Å²) in [4.78, 5) is 31.3. The molecule has 28 heavy (non-hydrogen) atoms. The van der Waals surface area contributed by atoms with E-state index in [1.54, 1.807) is 12.1 Å². The third-order valence-electron chi connectivity index (χ3n) is 5.19. The Morgan fingerprint density at radius 1 is 1.04 bits per heavy atom. The van der Waals surface area contributed by atoms with Crippen LogP contribution in [0.5, 0.6) is 0 Å². The van der Waals surface area contributed by atoms with Gasteiger partial charge in [-0.05, 0) is 55.8 Å². The smallest absolute Gasteiger partial charge is 0.311 e. The van der Waals surface area contributed by atoms with Crippen LogP contribution in [0.15, 0.2) is 36.4 Å². The van der Waals surface area contributed by atoms with Crippen LogP contribution in [0.3, 0.4) is 0 Å². The number of nitrogens with zero attached hydrogens (tertiary/aromatic N) is 3. The van der Waals surface area contributed by atoms with E-state index in [0.717, 1.165) is 25.3 Å². The summed E-state index contributed by atoms with van der Waals surface area (Å²) in [5.74, 6) is -0.720. The van der Waals surface area contributed by atoms with Crippen LogP contribution in [0.2, 0.25) is 0 Å². The summed E-state index contributed by atoms with van der Waals surface area (Å²) < 4.78 is 14.7. The van der Waals surface area contributed by atoms with Crippen molar-refractivity contribution in [1.29, 1.82) is 0 Å². The number of hydrogen-bond donors (Lipinski definition) is 1. The largest absolute Gasteiger partial charge is 0.324 e. The molecular formula is C21H23FN4O2. The maximum atomic E-state index is 14.7. The molecule has 0 bridgehead atoms. The minimum atomic E-state index is -0.443. The number of pyridine rings is 1. The lowest BCUT2D eigenvalue weighted by atomic mass is 10.1. The highest BCUT2D eigenvalue weighted by molar-refractivity contribution is 6.01. The normalized spacial score (nSPS) is 17.8. The fourth-order valence-corrected chi connectivity index (χ4v) is 3.76. The first-order chi connectivity index (χ1) is 13.6. The Bertz CT molecular complexity index is 896. The number of nitrogens with one attached hydrogen (secondary N) is 1. The fraction of sp³-hybridized carbons (Fsp3) is 0.381. The number of carbonyl (C=O) groups is 2. The molecule has 2 fully saturated rings. The first-order valence-electron chi connectivity index (χ1n) is 9.64. The van der Waals surface area contributed by atoms with Gasteiger partial charge in [0.15, 0.2) is 0 Å². The Morgan fingerprint density at radius 3 is 2.57 bits per heavy atom. The van der Waals surface area contributed by atoms with Gasteiger partial charge >= 0.3 is 6.03 Å². The van der Waals surface area contributed by atoms with Crippen LogP contribution in [0.25, 0.3) is 11.3 Å². The summed E-state index contributed by atoms with van der Waals surface area (Å²) in [5.41, 5.74) is 2.62. The first-order valence-corrected chi connectivity index (χ1v) is 9.64. The van der Waals surface area contributed by atoms with E-state index in [4.69, 9.17) is 0 Å². The van der Waals surface area contributed by atoms with Gasteiger partial charge in [-0.25, -0.2) is 9.18 Å². The molecule has 1 aromatic heterocycles. The zero-order valence-electron chi connectivity index (χ0n) is 15.7. The van der Waals surface area contributed by atoms with E-state index in [-0.39, 0.29) is 24.8 Å². The van der Waals surface area contributed by atoms with Crippen molar-refractivity contribution < 1.29 is 14.0 Å². The Balaban J connectivity index is 1.49. The van der Waals surface area contributed by atoms with Crippen LogP contribution in [-0.2, 0) is 17.9 Å². The standard InChI is InChI=1S/C21H23FN4O2/c22-18-11-15(12-26-14-20(27)24-21(26)28)7-8-17(18)19-6-4-5-16(23-19)13-25-9-2-1-3-10-25/h4-8,11H,1-3,9-10,12-14H2,(H,24,27,28). The second-order valence-electron chi connectivity index (χ2n) is 7.37. The number of likely N-dealkylation sites (tertiary alicyclic amines) is 1. The molecule has 0 unspecified atom stereocenters. The molecule has 1 N–H and O–H groups in total. The van der Waals surface area contributed by atoms with Crippen molar-refractivity contribution in [3.05, 3.63) is 53.5 Å². The molecule has 2 aliphatic heterocycles. The molecule has 0 saturated carbocycles. The molecule has 2 saturated heterocycles. The summed E-state index contributed by atoms with van der Waals surface area (Å²) in [6.07, 6.45) is 3.72. The molecule has 146 valence electrons. The molecule has 2 aliphatic rings. The molecule has 7 heteroatoms. The van der Waals surface area contributed by atoms with Gasteiger partial charge in [0.1, 0.15) is 12.4 Å². The number of halogens is 1. The minimum Gasteiger partial charge on any atom is -0.311 e. The van der Waals surface area contributed by atoms with Gasteiger partial charge in [-0.1, -0.05) is 18.6 Å². The van der Waals surface area contributed by atoms with Crippen LogP contribution in [-0.4, -0.2) is 46.4 Å². The van der Waals surface area contributed by atoms with Gasteiger partial charge in [0.2, 0.25) is 5.91 Å². The molecule has 6 nitrogen and oxygen atoms in total. The van der Waals surface area contributed by atoms with Crippen molar-refractivity contribution in [2.75, 3.05) is 19.6 Å². The van der Waals surface area contributed by atoms with Crippen LogP contribution in [0, 0.1) is 5.82 Å². The van der Waals surface area contributed by atoms with Crippen molar-refractivity contribution in [1.82, 2.24) is 20.1 Å². The van der Waals surface area contributed by atoms with Gasteiger partial charge in [0, 0.05) is 18.7 Å². The predicted molar refractivity (Wildman–Crippen MR) is 103 cm³/mol. The van der Waals surface area contributed by atoms with Gasteiger partial charge in [0.25, 0.3) is 0 Å². The van der Waals surface area contributed by atoms with Gasteiger partial charge in [-0.2, -0.15) is 0 Å². The predicted octanol–water partition coefficient (Wildman–Crippen LogP) is 2.93. The summed E-state index contributed by atoms with van der Waals surface area (Å²) in [6.45, 7) is 3.15. The summed E-state index contributed by atoms with van der Waals surface area (Å²) in [6, 6.07) is 10.1. The SMILES string of the molecule is O=C1CN(Cc2ccc(-c3cccc(CN4CCCCC4)n3)c(F)c2)C(=O)N1. The lowest BCUT2D eigenvalue weighted by Crippen LogP contribution is -2.29. The van der Waals surface area contributed by atoms with E-state index in [1.165, 1.54) is 30.2 Å². The molecule has 1 aromatic carbocycles. The Morgan fingerprint density at radius 2 is 1.86 bits per heavy atom. The quantitative estimate of drug-likeness (QED) is 0.808. The fourth-order valence-electron chi connectivity index (χ4n) is 3.76. The van der Waals surface area contributed by atoms with E-state index >= 15 is 0 Å². The van der Waals surface area contributed by atoms with Crippen molar-refractivity contribution in [2.45, 2.75) is 32.4 Å². The third kappa shape index (κ3) is 4.20. The van der Waals surface area contributed by atoms with Crippen molar-refractivity contribution in [3.63, 3.8) is 0 Å². The number of aromatic nitrogens is 1. The Labute approximate surface area is 163 Å². The maximum absolute atomic E-state index is 14.7. The van der Waals surface area contributed by atoms with Gasteiger partial charge in [-0.3, -0.25) is 20.0 Å². The number of benzene rings is 1. The van der Waals surface area contributed by atoms with E-state index in [2.05, 4.69) is 15.2 Å². The first kappa shape index (κ1) is 18.6. The highest BCUT2D eigenvalue weighted by Gasteiger charge is 2.26. The molecule has 2 aromatic rings. The summed E-state index contributed by atoms with van der Waals surface area (Å²) >= 11 is 0. The van der Waals surface area contributed by atoms with Crippen LogP contribution < -0.4 is 5.32 Å². The van der Waals surface area contributed by atoms with Crippen LogP contribution in [0.4, 0.5) is 9.18 Å². The summed E-state index contributed by atoms with van der Waals surface area (Å²) in [5, 5.41) is 2.22. The molecular weight excluding hydrogens is 359 g/mol. The monoisotopic (exact) mass is 382 g/mol. The number of carbonyl (C=O) groups excluding carboxylic acids is 2. The highest BCUT2D eigenvalue weighted by atomic mass is 19.1. The topological polar surface area (TPSA) is 65.5 Å².